The first kappa shape index (κ1) is 19.6. The smallest absolute Gasteiger partial charge is 0.315 e. The first-order valence-electron chi connectivity index (χ1n) is 8.86. The molecular weight excluding hydrogens is 340 g/mol. The molecule has 2 saturated heterocycles. The lowest BCUT2D eigenvalue weighted by molar-refractivity contribution is -0.121. The molecular formula is C17H28N4O3S. The van der Waals surface area contributed by atoms with Gasteiger partial charge in [0, 0.05) is 36.1 Å². The minimum atomic E-state index is -0.146. The normalized spacial score (nSPS) is 24.2. The van der Waals surface area contributed by atoms with Crippen LogP contribution in [0.25, 0.3) is 0 Å². The zero-order valence-electron chi connectivity index (χ0n) is 14.7. The van der Waals surface area contributed by atoms with E-state index in [2.05, 4.69) is 27.8 Å². The Kier molecular flexibility index (Phi) is 7.61. The number of fused-ring (bicyclic) bond motifs is 1. The molecule has 25 heavy (non-hydrogen) atoms. The van der Waals surface area contributed by atoms with Crippen molar-refractivity contribution < 1.29 is 14.4 Å². The van der Waals surface area contributed by atoms with Crippen LogP contribution in [-0.4, -0.2) is 54.0 Å². The Morgan fingerprint density at radius 1 is 1.20 bits per heavy atom. The fourth-order valence-corrected chi connectivity index (χ4v) is 4.58. The van der Waals surface area contributed by atoms with E-state index in [-0.39, 0.29) is 29.9 Å². The third-order valence-corrected chi connectivity index (χ3v) is 5.94. The van der Waals surface area contributed by atoms with E-state index in [9.17, 15) is 14.4 Å². The molecule has 0 aromatic heterocycles. The molecule has 2 aliphatic rings. The Labute approximate surface area is 153 Å². The molecule has 0 saturated carbocycles. The highest BCUT2D eigenvalue weighted by atomic mass is 32.2. The van der Waals surface area contributed by atoms with Crippen LogP contribution in [0.5, 0.6) is 0 Å². The summed E-state index contributed by atoms with van der Waals surface area (Å²) in [4.78, 5) is 34.4. The summed E-state index contributed by atoms with van der Waals surface area (Å²) in [7, 11) is 0. The molecule has 3 atom stereocenters. The van der Waals surface area contributed by atoms with E-state index in [0.29, 0.717) is 36.8 Å². The van der Waals surface area contributed by atoms with Crippen LogP contribution in [0, 0.1) is 0 Å². The summed E-state index contributed by atoms with van der Waals surface area (Å²) < 4.78 is 0. The van der Waals surface area contributed by atoms with Gasteiger partial charge in [-0.3, -0.25) is 9.59 Å². The molecule has 0 bridgehead atoms. The lowest BCUT2D eigenvalue weighted by Crippen LogP contribution is -2.36. The first-order chi connectivity index (χ1) is 12.0. The quantitative estimate of drug-likeness (QED) is 0.262. The van der Waals surface area contributed by atoms with Gasteiger partial charge in [-0.2, -0.15) is 11.8 Å². The Morgan fingerprint density at radius 2 is 1.96 bits per heavy atom. The van der Waals surface area contributed by atoms with Crippen LogP contribution >= 0.6 is 11.8 Å². The molecule has 2 heterocycles. The third kappa shape index (κ3) is 6.26. The van der Waals surface area contributed by atoms with Crippen molar-refractivity contribution in [2.24, 2.45) is 0 Å². The maximum absolute atomic E-state index is 11.8. The molecule has 0 radical (unpaired) electrons. The van der Waals surface area contributed by atoms with E-state index in [1.165, 1.54) is 0 Å². The van der Waals surface area contributed by atoms with Gasteiger partial charge in [0.05, 0.1) is 12.1 Å². The molecule has 140 valence electrons. The lowest BCUT2D eigenvalue weighted by Gasteiger charge is -2.16. The monoisotopic (exact) mass is 368 g/mol. The third-order valence-electron chi connectivity index (χ3n) is 4.43. The van der Waals surface area contributed by atoms with Gasteiger partial charge in [-0.15, -0.1) is 0 Å². The summed E-state index contributed by atoms with van der Waals surface area (Å²) in [5, 5.41) is 12.0. The van der Waals surface area contributed by atoms with E-state index >= 15 is 0 Å². The number of nitrogens with one attached hydrogen (secondary N) is 4. The molecule has 2 fully saturated rings. The zero-order chi connectivity index (χ0) is 18.2. The largest absolute Gasteiger partial charge is 0.356 e. The maximum Gasteiger partial charge on any atom is 0.315 e. The van der Waals surface area contributed by atoms with Crippen molar-refractivity contribution in [3.05, 3.63) is 12.2 Å². The molecule has 0 unspecified atom stereocenters. The predicted molar refractivity (Wildman–Crippen MR) is 99.4 cm³/mol. The summed E-state index contributed by atoms with van der Waals surface area (Å²) in [5.74, 6) is 0.877. The molecule has 0 spiro atoms. The number of hydrogen-bond acceptors (Lipinski definition) is 4. The van der Waals surface area contributed by atoms with Gasteiger partial charge < -0.3 is 21.3 Å². The highest BCUT2D eigenvalue weighted by Gasteiger charge is 2.42. The van der Waals surface area contributed by atoms with Crippen LogP contribution in [0.4, 0.5) is 4.79 Å². The highest BCUT2D eigenvalue weighted by molar-refractivity contribution is 8.00. The van der Waals surface area contributed by atoms with Crippen molar-refractivity contribution in [1.82, 2.24) is 21.3 Å². The molecule has 7 nitrogen and oxygen atoms in total. The number of carbonyl (C=O) groups excluding carboxylic acids is 3. The number of unbranched alkanes of at least 4 members (excludes halogenated alkanes) is 1. The fraction of sp³-hybridized carbons (Fsp3) is 0.706. The molecule has 4 N–H and O–H groups in total. The number of thioether (sulfide) groups is 1. The summed E-state index contributed by atoms with van der Waals surface area (Å²) >= 11 is 1.90. The Balaban J connectivity index is 1.47. The van der Waals surface area contributed by atoms with Gasteiger partial charge in [0.25, 0.3) is 0 Å². The number of hydrogen-bond donors (Lipinski definition) is 4. The Bertz CT molecular complexity index is 526. The summed E-state index contributed by atoms with van der Waals surface area (Å²) in [6.07, 6.45) is 4.09. The SMILES string of the molecule is C=C(C)C(=O)NCCCNC(=O)CCCC[C@@H]1SC[C@@H]2NC(=O)N[C@@H]21. The van der Waals surface area contributed by atoms with Crippen molar-refractivity contribution >= 4 is 29.6 Å². The van der Waals surface area contributed by atoms with Crippen LogP contribution in [-0.2, 0) is 9.59 Å². The average molecular weight is 369 g/mol. The second kappa shape index (κ2) is 9.70. The van der Waals surface area contributed by atoms with E-state index in [1.54, 1.807) is 6.92 Å². The molecule has 4 amide bonds. The standard InChI is InChI=1S/C17H28N4O3S/c1-11(2)16(23)19-9-5-8-18-14(22)7-4-3-6-13-15-12(10-25-13)20-17(24)21-15/h12-13,15H,1,3-10H2,2H3,(H,18,22)(H,19,23)(H2,20,21,24)/t12-,13-,15-/m0/s1. The second-order valence-corrected chi connectivity index (χ2v) is 7.88. The van der Waals surface area contributed by atoms with E-state index in [0.717, 1.165) is 25.0 Å². The Morgan fingerprint density at radius 3 is 2.72 bits per heavy atom. The molecule has 0 aromatic carbocycles. The van der Waals surface area contributed by atoms with E-state index in [1.807, 2.05) is 11.8 Å². The topological polar surface area (TPSA) is 99.3 Å². The maximum atomic E-state index is 11.8. The van der Waals surface area contributed by atoms with Crippen LogP contribution in [0.2, 0.25) is 0 Å². The van der Waals surface area contributed by atoms with E-state index in [4.69, 9.17) is 0 Å². The molecule has 8 heteroatoms. The number of rotatable bonds is 10. The van der Waals surface area contributed by atoms with Gasteiger partial charge in [0.1, 0.15) is 0 Å². The van der Waals surface area contributed by atoms with Gasteiger partial charge in [0.2, 0.25) is 11.8 Å². The molecule has 2 rings (SSSR count). The average Bonchev–Trinajstić information content (AvgIpc) is 3.10. The summed E-state index contributed by atoms with van der Waals surface area (Å²) in [5.41, 5.74) is 0.490. The predicted octanol–water partition coefficient (Wildman–Crippen LogP) is 0.911. The van der Waals surface area contributed by atoms with Crippen LogP contribution in [0.1, 0.15) is 39.0 Å². The van der Waals surface area contributed by atoms with Gasteiger partial charge in [-0.25, -0.2) is 4.79 Å². The summed E-state index contributed by atoms with van der Waals surface area (Å²) in [6, 6.07) is 0.441. The van der Waals surface area contributed by atoms with Crippen molar-refractivity contribution in [2.75, 3.05) is 18.8 Å². The lowest BCUT2D eigenvalue weighted by atomic mass is 10.0. The fourth-order valence-electron chi connectivity index (χ4n) is 3.03. The van der Waals surface area contributed by atoms with Crippen molar-refractivity contribution in [3.8, 4) is 0 Å². The minimum Gasteiger partial charge on any atom is -0.356 e. The Hall–Kier alpha value is -1.70. The number of urea groups is 1. The van der Waals surface area contributed by atoms with Gasteiger partial charge in [-0.1, -0.05) is 13.0 Å². The van der Waals surface area contributed by atoms with Crippen LogP contribution in [0.3, 0.4) is 0 Å². The van der Waals surface area contributed by atoms with Crippen molar-refractivity contribution in [3.63, 3.8) is 0 Å². The minimum absolute atomic E-state index is 0.0546. The highest BCUT2D eigenvalue weighted by Crippen LogP contribution is 2.33. The zero-order valence-corrected chi connectivity index (χ0v) is 15.5. The van der Waals surface area contributed by atoms with Crippen molar-refractivity contribution in [1.29, 1.82) is 0 Å². The van der Waals surface area contributed by atoms with Gasteiger partial charge in [-0.05, 0) is 26.2 Å². The molecule has 0 aliphatic carbocycles. The van der Waals surface area contributed by atoms with Crippen molar-refractivity contribution in [2.45, 2.75) is 56.4 Å². The second-order valence-electron chi connectivity index (χ2n) is 6.61. The number of carbonyl (C=O) groups is 3. The van der Waals surface area contributed by atoms with Gasteiger partial charge in [0.15, 0.2) is 0 Å². The van der Waals surface area contributed by atoms with E-state index < -0.39 is 0 Å². The number of amides is 4. The van der Waals surface area contributed by atoms with Crippen LogP contribution in [0.15, 0.2) is 12.2 Å². The molecule has 2 aliphatic heterocycles. The molecule has 0 aromatic rings. The van der Waals surface area contributed by atoms with Gasteiger partial charge >= 0.3 is 6.03 Å². The first-order valence-corrected chi connectivity index (χ1v) is 9.91. The van der Waals surface area contributed by atoms with Crippen LogP contribution < -0.4 is 21.3 Å². The summed E-state index contributed by atoms with van der Waals surface area (Å²) in [6.45, 7) is 6.33.